The Morgan fingerprint density at radius 2 is 1.91 bits per heavy atom. The van der Waals surface area contributed by atoms with Crippen LogP contribution in [0, 0.1) is 0 Å². The lowest BCUT2D eigenvalue weighted by Crippen LogP contribution is -2.51. The third-order valence-corrected chi connectivity index (χ3v) is 6.51. The highest BCUT2D eigenvalue weighted by molar-refractivity contribution is 6.30. The van der Waals surface area contributed by atoms with Gasteiger partial charge in [0.1, 0.15) is 11.6 Å². The molecule has 9 heteroatoms. The van der Waals surface area contributed by atoms with E-state index in [0.29, 0.717) is 42.5 Å². The van der Waals surface area contributed by atoms with Gasteiger partial charge in [-0.25, -0.2) is 4.98 Å². The number of rotatable bonds is 5. The van der Waals surface area contributed by atoms with Gasteiger partial charge in [-0.2, -0.15) is 0 Å². The Bertz CT molecular complexity index is 1040. The second kappa shape index (κ2) is 8.78. The molecule has 8 nitrogen and oxygen atoms in total. The van der Waals surface area contributed by atoms with E-state index in [9.17, 15) is 14.4 Å². The van der Waals surface area contributed by atoms with Crippen molar-refractivity contribution in [2.75, 3.05) is 45.2 Å². The van der Waals surface area contributed by atoms with Crippen molar-refractivity contribution in [3.63, 3.8) is 0 Å². The second-order valence-electron chi connectivity index (χ2n) is 8.13. The van der Waals surface area contributed by atoms with E-state index in [1.54, 1.807) is 48.5 Å². The average molecular weight is 457 g/mol. The largest absolute Gasteiger partial charge is 0.497 e. The molecule has 0 radical (unpaired) electrons. The van der Waals surface area contributed by atoms with Gasteiger partial charge >= 0.3 is 0 Å². The highest BCUT2D eigenvalue weighted by Gasteiger charge is 2.53. The minimum Gasteiger partial charge on any atom is -0.497 e. The Labute approximate surface area is 191 Å². The number of carbonyl (C=O) groups is 3. The number of aromatic nitrogens is 1. The summed E-state index contributed by atoms with van der Waals surface area (Å²) in [5.74, 6) is 0.603. The summed E-state index contributed by atoms with van der Waals surface area (Å²) < 4.78 is 5.31. The van der Waals surface area contributed by atoms with Crippen LogP contribution in [0.1, 0.15) is 18.4 Å². The van der Waals surface area contributed by atoms with Crippen molar-refractivity contribution < 1.29 is 19.1 Å². The van der Waals surface area contributed by atoms with Crippen LogP contribution < -0.4 is 9.64 Å². The number of ether oxygens (including phenoxy) is 1. The van der Waals surface area contributed by atoms with Gasteiger partial charge < -0.3 is 14.5 Å². The van der Waals surface area contributed by atoms with Crippen molar-refractivity contribution in [2.45, 2.75) is 18.3 Å². The van der Waals surface area contributed by atoms with Crippen LogP contribution in [0.4, 0.5) is 5.82 Å². The Kier molecular flexibility index (Phi) is 6.06. The summed E-state index contributed by atoms with van der Waals surface area (Å²) >= 11 is 5.91. The number of pyridine rings is 1. The predicted octanol–water partition coefficient (Wildman–Crippen LogP) is 2.11. The molecule has 0 spiro atoms. The molecule has 2 aromatic rings. The quantitative estimate of drug-likeness (QED) is 0.641. The van der Waals surface area contributed by atoms with E-state index in [0.717, 1.165) is 10.7 Å². The van der Waals surface area contributed by atoms with E-state index >= 15 is 0 Å². The Balaban J connectivity index is 1.52. The average Bonchev–Trinajstić information content (AvgIpc) is 3.04. The Morgan fingerprint density at radius 1 is 1.16 bits per heavy atom. The first-order valence-corrected chi connectivity index (χ1v) is 10.8. The summed E-state index contributed by atoms with van der Waals surface area (Å²) in [5.41, 5.74) is -0.594. The standard InChI is InChI=1S/C23H25ClN4O4/c1-26-20(29)13-23(22(26)31,16-4-3-5-18(12-16)32-2)14-21(30)28-10-8-27(9-11-28)19-7-6-17(24)15-25-19/h3-7,12,15H,8-11,13-14H2,1-2H3/t23-/m0/s1. The molecule has 0 saturated carbocycles. The zero-order valence-corrected chi connectivity index (χ0v) is 18.8. The number of hydrogen-bond donors (Lipinski definition) is 0. The molecule has 0 unspecified atom stereocenters. The first kappa shape index (κ1) is 22.1. The topological polar surface area (TPSA) is 83.1 Å². The van der Waals surface area contributed by atoms with E-state index in [1.165, 1.54) is 7.05 Å². The van der Waals surface area contributed by atoms with Crippen molar-refractivity contribution in [1.29, 1.82) is 0 Å². The highest BCUT2D eigenvalue weighted by Crippen LogP contribution is 2.41. The fourth-order valence-corrected chi connectivity index (χ4v) is 4.49. The van der Waals surface area contributed by atoms with Crippen molar-refractivity contribution in [3.05, 3.63) is 53.2 Å². The number of imide groups is 1. The molecule has 0 aliphatic carbocycles. The number of methoxy groups -OCH3 is 1. The number of nitrogens with zero attached hydrogens (tertiary/aromatic N) is 4. The molecule has 3 heterocycles. The van der Waals surface area contributed by atoms with Crippen LogP contribution in [0.25, 0.3) is 0 Å². The molecule has 3 amide bonds. The zero-order chi connectivity index (χ0) is 22.9. The molecule has 0 N–H and O–H groups in total. The maximum absolute atomic E-state index is 13.3. The summed E-state index contributed by atoms with van der Waals surface area (Å²) in [6, 6.07) is 10.7. The van der Waals surface area contributed by atoms with Crippen molar-refractivity contribution in [1.82, 2.24) is 14.8 Å². The normalized spacial score (nSPS) is 21.3. The van der Waals surface area contributed by atoms with Gasteiger partial charge in [0.05, 0.1) is 17.5 Å². The fraction of sp³-hybridized carbons (Fsp3) is 0.391. The molecule has 2 aliphatic rings. The van der Waals surface area contributed by atoms with Crippen LogP contribution in [0.2, 0.25) is 5.02 Å². The van der Waals surface area contributed by atoms with Gasteiger partial charge in [0.2, 0.25) is 17.7 Å². The second-order valence-corrected chi connectivity index (χ2v) is 8.56. The number of likely N-dealkylation sites (tertiary alicyclic amines) is 1. The lowest BCUT2D eigenvalue weighted by Gasteiger charge is -2.37. The lowest BCUT2D eigenvalue weighted by molar-refractivity contribution is -0.141. The number of hydrogen-bond acceptors (Lipinski definition) is 6. The SMILES string of the molecule is COc1cccc([C@@]2(CC(=O)N3CCN(c4ccc(Cl)cn4)CC3)CC(=O)N(C)C2=O)c1. The first-order valence-electron chi connectivity index (χ1n) is 10.4. The molecule has 168 valence electrons. The van der Waals surface area contributed by atoms with E-state index in [1.807, 2.05) is 6.07 Å². The monoisotopic (exact) mass is 456 g/mol. The van der Waals surface area contributed by atoms with Crippen molar-refractivity contribution in [2.24, 2.45) is 0 Å². The van der Waals surface area contributed by atoms with Crippen LogP contribution in [-0.2, 0) is 19.8 Å². The number of carbonyl (C=O) groups excluding carboxylic acids is 3. The van der Waals surface area contributed by atoms with Gasteiger partial charge in [-0.3, -0.25) is 19.3 Å². The number of amides is 3. The predicted molar refractivity (Wildman–Crippen MR) is 120 cm³/mol. The van der Waals surface area contributed by atoms with Crippen LogP contribution in [0.3, 0.4) is 0 Å². The van der Waals surface area contributed by atoms with Gasteiger partial charge in [0, 0.05) is 52.3 Å². The van der Waals surface area contributed by atoms with Gasteiger partial charge in [0.15, 0.2) is 0 Å². The molecule has 1 aromatic heterocycles. The Morgan fingerprint density at radius 3 is 2.50 bits per heavy atom. The molecule has 4 rings (SSSR count). The third-order valence-electron chi connectivity index (χ3n) is 6.28. The first-order chi connectivity index (χ1) is 15.3. The number of benzene rings is 1. The van der Waals surface area contributed by atoms with Gasteiger partial charge in [-0.05, 0) is 29.8 Å². The van der Waals surface area contributed by atoms with Gasteiger partial charge in [-0.1, -0.05) is 23.7 Å². The number of piperazine rings is 1. The molecule has 2 saturated heterocycles. The van der Waals surface area contributed by atoms with Crippen LogP contribution in [0.15, 0.2) is 42.6 Å². The summed E-state index contributed by atoms with van der Waals surface area (Å²) in [5, 5.41) is 0.575. The summed E-state index contributed by atoms with van der Waals surface area (Å²) in [6.07, 6.45) is 1.51. The van der Waals surface area contributed by atoms with Crippen LogP contribution >= 0.6 is 11.6 Å². The van der Waals surface area contributed by atoms with Crippen LogP contribution in [-0.4, -0.2) is 72.8 Å². The maximum Gasteiger partial charge on any atom is 0.240 e. The number of anilines is 1. The maximum atomic E-state index is 13.3. The van der Waals surface area contributed by atoms with Crippen LogP contribution in [0.5, 0.6) is 5.75 Å². The minimum atomic E-state index is -1.22. The van der Waals surface area contributed by atoms with Gasteiger partial charge in [0.25, 0.3) is 0 Å². The summed E-state index contributed by atoms with van der Waals surface area (Å²) in [7, 11) is 3.01. The lowest BCUT2D eigenvalue weighted by atomic mass is 9.75. The van der Waals surface area contributed by atoms with E-state index in [2.05, 4.69) is 9.88 Å². The van der Waals surface area contributed by atoms with E-state index in [4.69, 9.17) is 16.3 Å². The number of likely N-dealkylation sites (N-methyl/N-ethyl adjacent to an activating group) is 1. The molecule has 1 aromatic carbocycles. The van der Waals surface area contributed by atoms with E-state index in [-0.39, 0.29) is 30.6 Å². The highest BCUT2D eigenvalue weighted by atomic mass is 35.5. The zero-order valence-electron chi connectivity index (χ0n) is 18.1. The third kappa shape index (κ3) is 4.02. The molecule has 1 atom stereocenters. The summed E-state index contributed by atoms with van der Waals surface area (Å²) in [6.45, 7) is 2.27. The fourth-order valence-electron chi connectivity index (χ4n) is 4.38. The van der Waals surface area contributed by atoms with E-state index < -0.39 is 5.41 Å². The van der Waals surface area contributed by atoms with Gasteiger partial charge in [-0.15, -0.1) is 0 Å². The molecule has 2 fully saturated rings. The van der Waals surface area contributed by atoms with Crippen molar-refractivity contribution >= 4 is 35.1 Å². The molecule has 2 aliphatic heterocycles. The smallest absolute Gasteiger partial charge is 0.240 e. The molecule has 0 bridgehead atoms. The molecular formula is C23H25ClN4O4. The number of halogens is 1. The Hall–Kier alpha value is -3.13. The minimum absolute atomic E-state index is 0.0318. The van der Waals surface area contributed by atoms with Crippen molar-refractivity contribution in [3.8, 4) is 5.75 Å². The molecule has 32 heavy (non-hydrogen) atoms. The molecular weight excluding hydrogens is 432 g/mol. The summed E-state index contributed by atoms with van der Waals surface area (Å²) in [4.78, 5) is 48.2.